The molecule has 2 N–H and O–H groups in total. The molecule has 0 atom stereocenters. The number of hydrogen-bond acceptors (Lipinski definition) is 5. The molecule has 0 aliphatic rings. The highest BCUT2D eigenvalue weighted by Crippen LogP contribution is 2.34. The second-order valence-electron chi connectivity index (χ2n) is 5.90. The molecule has 0 saturated carbocycles. The van der Waals surface area contributed by atoms with Gasteiger partial charge in [0.25, 0.3) is 0 Å². The van der Waals surface area contributed by atoms with Crippen molar-refractivity contribution in [2.75, 3.05) is 5.73 Å². The molecule has 1 aromatic carbocycles. The van der Waals surface area contributed by atoms with E-state index in [-0.39, 0.29) is 5.41 Å². The second-order valence-corrected chi connectivity index (χ2v) is 7.86. The maximum atomic E-state index is 5.79. The summed E-state index contributed by atoms with van der Waals surface area (Å²) in [5, 5.41) is 4.01. The molecule has 0 fully saturated rings. The molecule has 2 aromatic heterocycles. The minimum absolute atomic E-state index is 0.170. The Morgan fingerprint density at radius 3 is 2.43 bits per heavy atom. The first-order chi connectivity index (χ1) is 9.93. The van der Waals surface area contributed by atoms with E-state index in [1.165, 1.54) is 5.56 Å². The molecule has 108 valence electrons. The van der Waals surface area contributed by atoms with Crippen LogP contribution in [0.5, 0.6) is 0 Å². The van der Waals surface area contributed by atoms with E-state index in [2.05, 4.69) is 55.0 Å². The van der Waals surface area contributed by atoms with Crippen molar-refractivity contribution in [1.29, 1.82) is 0 Å². The van der Waals surface area contributed by atoms with Crippen LogP contribution >= 0.6 is 23.1 Å². The molecule has 0 aliphatic heterocycles. The molecule has 0 unspecified atom stereocenters. The van der Waals surface area contributed by atoms with Crippen LogP contribution in [0.15, 0.2) is 45.6 Å². The molecule has 0 spiro atoms. The number of hydrogen-bond donors (Lipinski definition) is 1. The van der Waals surface area contributed by atoms with E-state index in [1.54, 1.807) is 23.1 Å². The van der Waals surface area contributed by atoms with Crippen molar-refractivity contribution in [2.24, 2.45) is 0 Å². The van der Waals surface area contributed by atoms with Crippen molar-refractivity contribution in [1.82, 2.24) is 9.97 Å². The van der Waals surface area contributed by atoms with E-state index in [0.717, 1.165) is 20.1 Å². The van der Waals surface area contributed by atoms with Crippen LogP contribution in [0.2, 0.25) is 0 Å². The van der Waals surface area contributed by atoms with Crippen molar-refractivity contribution < 1.29 is 0 Å². The van der Waals surface area contributed by atoms with Gasteiger partial charge in [-0.2, -0.15) is 0 Å². The summed E-state index contributed by atoms with van der Waals surface area (Å²) in [6.07, 6.45) is 0. The predicted octanol–water partition coefficient (Wildman–Crippen LogP) is 4.72. The third-order valence-corrected chi connectivity index (χ3v) is 5.06. The van der Waals surface area contributed by atoms with Gasteiger partial charge in [0.2, 0.25) is 5.95 Å². The van der Waals surface area contributed by atoms with Crippen LogP contribution in [0.3, 0.4) is 0 Å². The lowest BCUT2D eigenvalue weighted by molar-refractivity contribution is 0.590. The zero-order valence-corrected chi connectivity index (χ0v) is 13.9. The minimum atomic E-state index is 0.170. The maximum Gasteiger partial charge on any atom is 0.222 e. The zero-order chi connectivity index (χ0) is 15.0. The predicted molar refractivity (Wildman–Crippen MR) is 91.1 cm³/mol. The van der Waals surface area contributed by atoms with Gasteiger partial charge in [0.05, 0.1) is 0 Å². The zero-order valence-electron chi connectivity index (χ0n) is 12.3. The first-order valence-corrected chi connectivity index (χ1v) is 8.42. The molecular formula is C16H17N3S2. The molecule has 3 aromatic rings. The number of aromatic nitrogens is 2. The number of fused-ring (bicyclic) bond motifs is 1. The smallest absolute Gasteiger partial charge is 0.222 e. The topological polar surface area (TPSA) is 51.8 Å². The second kappa shape index (κ2) is 5.31. The fourth-order valence-corrected chi connectivity index (χ4v) is 3.80. The summed E-state index contributed by atoms with van der Waals surface area (Å²) in [5.74, 6) is 0.332. The van der Waals surface area contributed by atoms with E-state index in [1.807, 2.05) is 11.4 Å². The largest absolute Gasteiger partial charge is 0.368 e. The Bertz CT molecular complexity index is 770. The Morgan fingerprint density at radius 1 is 1.05 bits per heavy atom. The third-order valence-electron chi connectivity index (χ3n) is 3.24. The van der Waals surface area contributed by atoms with Gasteiger partial charge in [-0.05, 0) is 34.6 Å². The SMILES string of the molecule is CC(C)(C)c1ccc(Sc2nc(N)nc3sccc23)cc1. The summed E-state index contributed by atoms with van der Waals surface area (Å²) >= 11 is 3.22. The first-order valence-electron chi connectivity index (χ1n) is 6.72. The lowest BCUT2D eigenvalue weighted by atomic mass is 9.87. The number of rotatable bonds is 2. The molecule has 0 aliphatic carbocycles. The van der Waals surface area contributed by atoms with E-state index in [9.17, 15) is 0 Å². The number of thiophene rings is 1. The molecule has 21 heavy (non-hydrogen) atoms. The van der Waals surface area contributed by atoms with Gasteiger partial charge < -0.3 is 5.73 Å². The van der Waals surface area contributed by atoms with E-state index >= 15 is 0 Å². The van der Waals surface area contributed by atoms with Crippen LogP contribution in [0.25, 0.3) is 10.2 Å². The summed E-state index contributed by atoms with van der Waals surface area (Å²) in [4.78, 5) is 10.7. The monoisotopic (exact) mass is 315 g/mol. The van der Waals surface area contributed by atoms with E-state index in [4.69, 9.17) is 5.73 Å². The number of nitrogen functional groups attached to an aromatic ring is 1. The average molecular weight is 315 g/mol. The lowest BCUT2D eigenvalue weighted by Gasteiger charge is -2.19. The maximum absolute atomic E-state index is 5.79. The van der Waals surface area contributed by atoms with Crippen LogP contribution in [0, 0.1) is 0 Å². The minimum Gasteiger partial charge on any atom is -0.368 e. The summed E-state index contributed by atoms with van der Waals surface area (Å²) in [6, 6.07) is 10.7. The van der Waals surface area contributed by atoms with Crippen LogP contribution in [-0.2, 0) is 5.41 Å². The Balaban J connectivity index is 1.93. The van der Waals surface area contributed by atoms with E-state index in [0.29, 0.717) is 5.95 Å². The Labute approximate surface area is 132 Å². The fraction of sp³-hybridized carbons (Fsp3) is 0.250. The van der Waals surface area contributed by atoms with Crippen molar-refractivity contribution in [3.8, 4) is 0 Å². The van der Waals surface area contributed by atoms with Gasteiger partial charge in [0.15, 0.2) is 0 Å². The summed E-state index contributed by atoms with van der Waals surface area (Å²) < 4.78 is 0. The van der Waals surface area contributed by atoms with Gasteiger partial charge in [-0.3, -0.25) is 0 Å². The molecular weight excluding hydrogens is 298 g/mol. The number of benzene rings is 1. The number of nitrogens with two attached hydrogens (primary N) is 1. The van der Waals surface area contributed by atoms with E-state index < -0.39 is 0 Å². The van der Waals surface area contributed by atoms with Crippen molar-refractivity contribution in [3.05, 3.63) is 41.3 Å². The fourth-order valence-electron chi connectivity index (χ4n) is 2.06. The molecule has 3 nitrogen and oxygen atoms in total. The highest BCUT2D eigenvalue weighted by atomic mass is 32.2. The normalized spacial score (nSPS) is 12.0. The van der Waals surface area contributed by atoms with Crippen molar-refractivity contribution in [2.45, 2.75) is 36.1 Å². The molecule has 0 saturated heterocycles. The first kappa shape index (κ1) is 14.4. The van der Waals surface area contributed by atoms with Gasteiger partial charge in [-0.1, -0.05) is 44.7 Å². The summed E-state index contributed by atoms with van der Waals surface area (Å²) in [6.45, 7) is 6.65. The highest BCUT2D eigenvalue weighted by Gasteiger charge is 2.14. The Kier molecular flexibility index (Phi) is 3.63. The molecule has 5 heteroatoms. The van der Waals surface area contributed by atoms with Gasteiger partial charge in [-0.25, -0.2) is 9.97 Å². The summed E-state index contributed by atoms with van der Waals surface area (Å²) in [5.41, 5.74) is 7.29. The standard InChI is InChI=1S/C16H17N3S2/c1-16(2,3)10-4-6-11(7-5-10)21-14-12-8-9-20-13(12)18-15(17)19-14/h4-9H,1-3H3,(H2,17,18,19). The molecule has 2 heterocycles. The Morgan fingerprint density at radius 2 is 1.76 bits per heavy atom. The number of nitrogens with zero attached hydrogens (tertiary/aromatic N) is 2. The molecule has 3 rings (SSSR count). The quantitative estimate of drug-likeness (QED) is 0.695. The van der Waals surface area contributed by atoms with Crippen molar-refractivity contribution in [3.63, 3.8) is 0 Å². The summed E-state index contributed by atoms with van der Waals surface area (Å²) in [7, 11) is 0. The molecule has 0 bridgehead atoms. The van der Waals surface area contributed by atoms with Gasteiger partial charge in [0, 0.05) is 10.3 Å². The highest BCUT2D eigenvalue weighted by molar-refractivity contribution is 7.99. The average Bonchev–Trinajstić information content (AvgIpc) is 2.86. The van der Waals surface area contributed by atoms with Gasteiger partial charge >= 0.3 is 0 Å². The van der Waals surface area contributed by atoms with Crippen LogP contribution < -0.4 is 5.73 Å². The van der Waals surface area contributed by atoms with Crippen LogP contribution in [0.4, 0.5) is 5.95 Å². The third kappa shape index (κ3) is 3.04. The van der Waals surface area contributed by atoms with Crippen molar-refractivity contribution >= 4 is 39.3 Å². The van der Waals surface area contributed by atoms with Gasteiger partial charge in [0.1, 0.15) is 9.86 Å². The van der Waals surface area contributed by atoms with Gasteiger partial charge in [-0.15, -0.1) is 11.3 Å². The molecule has 0 amide bonds. The lowest BCUT2D eigenvalue weighted by Crippen LogP contribution is -2.10. The number of anilines is 1. The Hall–Kier alpha value is -1.59. The van der Waals surface area contributed by atoms with Crippen LogP contribution in [-0.4, -0.2) is 9.97 Å². The van der Waals surface area contributed by atoms with Crippen LogP contribution in [0.1, 0.15) is 26.3 Å². The molecule has 0 radical (unpaired) electrons.